The maximum atomic E-state index is 13.2. The minimum Gasteiger partial charge on any atom is -0.339 e. The molecule has 2 aliphatic rings. The molecule has 1 atom stereocenters. The van der Waals surface area contributed by atoms with Crippen LogP contribution in [-0.4, -0.2) is 55.5 Å². The predicted octanol–water partition coefficient (Wildman–Crippen LogP) is 4.61. The Morgan fingerprint density at radius 1 is 0.969 bits per heavy atom. The zero-order valence-electron chi connectivity index (χ0n) is 17.7. The van der Waals surface area contributed by atoms with Crippen LogP contribution in [0, 0.1) is 11.7 Å². The average molecular weight is 499 g/mol. The summed E-state index contributed by atoms with van der Waals surface area (Å²) in [7, 11) is -3.19. The van der Waals surface area contributed by atoms with Crippen LogP contribution in [0.5, 0.6) is 0 Å². The third-order valence-electron chi connectivity index (χ3n) is 6.45. The van der Waals surface area contributed by atoms with Crippen molar-refractivity contribution < 1.29 is 17.6 Å². The molecular weight excluding hydrogens is 474 g/mol. The first-order chi connectivity index (χ1) is 15.1. The highest BCUT2D eigenvalue weighted by Gasteiger charge is 2.38. The number of carbonyl (C=O) groups excluding carboxylic acids is 1. The molecular formula is C23H25Cl2FN2O3S. The van der Waals surface area contributed by atoms with Crippen molar-refractivity contribution in [3.63, 3.8) is 0 Å². The van der Waals surface area contributed by atoms with Gasteiger partial charge in [-0.15, -0.1) is 0 Å². The van der Waals surface area contributed by atoms with Gasteiger partial charge in [0.2, 0.25) is 15.9 Å². The van der Waals surface area contributed by atoms with Crippen molar-refractivity contribution in [3.8, 4) is 11.1 Å². The minimum absolute atomic E-state index is 0.0669. The Kier molecular flexibility index (Phi) is 6.82. The van der Waals surface area contributed by atoms with E-state index in [0.717, 1.165) is 23.1 Å². The summed E-state index contributed by atoms with van der Waals surface area (Å²) in [4.78, 5) is 15.0. The Hall–Kier alpha value is -1.67. The van der Waals surface area contributed by atoms with Crippen LogP contribution in [0.2, 0.25) is 10.0 Å². The predicted molar refractivity (Wildman–Crippen MR) is 125 cm³/mol. The molecule has 0 saturated carbocycles. The molecule has 0 aromatic heterocycles. The lowest BCUT2D eigenvalue weighted by atomic mass is 9.95. The molecule has 2 saturated heterocycles. The SMILES string of the molecule is CS(=O)(=O)N1CCC(N2CC[C@@H](Cc3c(Cl)cc(-c4ccc(F)cc4)cc3Cl)C2=O)CC1. The van der Waals surface area contributed by atoms with E-state index in [4.69, 9.17) is 23.2 Å². The Balaban J connectivity index is 1.44. The van der Waals surface area contributed by atoms with E-state index < -0.39 is 10.0 Å². The fraction of sp³-hybridized carbons (Fsp3) is 0.435. The van der Waals surface area contributed by atoms with E-state index in [1.165, 1.54) is 22.7 Å². The Labute approximate surface area is 198 Å². The highest BCUT2D eigenvalue weighted by Crippen LogP contribution is 2.36. The van der Waals surface area contributed by atoms with Crippen molar-refractivity contribution in [2.24, 2.45) is 5.92 Å². The summed E-state index contributed by atoms with van der Waals surface area (Å²) >= 11 is 13.1. The molecule has 172 valence electrons. The molecule has 0 bridgehead atoms. The van der Waals surface area contributed by atoms with Crippen LogP contribution in [0.15, 0.2) is 36.4 Å². The van der Waals surface area contributed by atoms with Gasteiger partial charge in [0.1, 0.15) is 5.82 Å². The summed E-state index contributed by atoms with van der Waals surface area (Å²) in [5, 5.41) is 0.981. The van der Waals surface area contributed by atoms with Crippen molar-refractivity contribution >= 4 is 39.1 Å². The number of carbonyl (C=O) groups is 1. The van der Waals surface area contributed by atoms with E-state index in [9.17, 15) is 17.6 Å². The highest BCUT2D eigenvalue weighted by molar-refractivity contribution is 7.88. The van der Waals surface area contributed by atoms with Gasteiger partial charge >= 0.3 is 0 Å². The molecule has 0 N–H and O–H groups in total. The molecule has 9 heteroatoms. The fourth-order valence-electron chi connectivity index (χ4n) is 4.65. The molecule has 0 spiro atoms. The quantitative estimate of drug-likeness (QED) is 0.604. The molecule has 1 amide bonds. The zero-order chi connectivity index (χ0) is 23.0. The van der Waals surface area contributed by atoms with E-state index in [2.05, 4.69) is 0 Å². The molecule has 2 heterocycles. The third kappa shape index (κ3) is 4.96. The number of hydrogen-bond donors (Lipinski definition) is 0. The first kappa shape index (κ1) is 23.5. The van der Waals surface area contributed by atoms with Crippen LogP contribution in [-0.2, 0) is 21.2 Å². The second kappa shape index (κ2) is 9.29. The molecule has 0 unspecified atom stereocenters. The van der Waals surface area contributed by atoms with Crippen LogP contribution in [0.25, 0.3) is 11.1 Å². The third-order valence-corrected chi connectivity index (χ3v) is 8.43. The lowest BCUT2D eigenvalue weighted by Crippen LogP contribution is -2.47. The first-order valence-electron chi connectivity index (χ1n) is 10.6. The van der Waals surface area contributed by atoms with Crippen LogP contribution < -0.4 is 0 Å². The highest BCUT2D eigenvalue weighted by atomic mass is 35.5. The maximum Gasteiger partial charge on any atom is 0.226 e. The maximum absolute atomic E-state index is 13.2. The summed E-state index contributed by atoms with van der Waals surface area (Å²) < 4.78 is 38.1. The van der Waals surface area contributed by atoms with E-state index in [1.807, 2.05) is 4.90 Å². The average Bonchev–Trinajstić information content (AvgIpc) is 3.10. The van der Waals surface area contributed by atoms with Crippen molar-refractivity contribution in [2.75, 3.05) is 25.9 Å². The number of benzene rings is 2. The molecule has 0 radical (unpaired) electrons. The van der Waals surface area contributed by atoms with Gasteiger partial charge in [-0.05, 0) is 66.6 Å². The first-order valence-corrected chi connectivity index (χ1v) is 13.2. The molecule has 0 aliphatic carbocycles. The Bertz CT molecular complexity index is 1090. The topological polar surface area (TPSA) is 57.7 Å². The Morgan fingerprint density at radius 2 is 1.56 bits per heavy atom. The summed E-state index contributed by atoms with van der Waals surface area (Å²) in [6.45, 7) is 1.55. The van der Waals surface area contributed by atoms with Crippen LogP contribution in [0.1, 0.15) is 24.8 Å². The fourth-order valence-corrected chi connectivity index (χ4v) is 6.17. The molecule has 2 aromatic carbocycles. The molecule has 2 aromatic rings. The minimum atomic E-state index is -3.19. The lowest BCUT2D eigenvalue weighted by molar-refractivity contribution is -0.133. The number of likely N-dealkylation sites (tertiary alicyclic amines) is 1. The van der Waals surface area contributed by atoms with Crippen LogP contribution >= 0.6 is 23.2 Å². The van der Waals surface area contributed by atoms with Gasteiger partial charge in [0.05, 0.1) is 6.26 Å². The number of hydrogen-bond acceptors (Lipinski definition) is 3. The van der Waals surface area contributed by atoms with E-state index in [-0.39, 0.29) is 23.7 Å². The van der Waals surface area contributed by atoms with Crippen molar-refractivity contribution in [2.45, 2.75) is 31.7 Å². The number of piperidine rings is 1. The number of halogens is 3. The smallest absolute Gasteiger partial charge is 0.226 e. The van der Waals surface area contributed by atoms with Crippen LogP contribution in [0.4, 0.5) is 4.39 Å². The van der Waals surface area contributed by atoms with Gasteiger partial charge in [0, 0.05) is 41.6 Å². The summed E-state index contributed by atoms with van der Waals surface area (Å²) in [5.41, 5.74) is 2.34. The van der Waals surface area contributed by atoms with Gasteiger partial charge in [0.25, 0.3) is 0 Å². The number of amides is 1. The zero-order valence-corrected chi connectivity index (χ0v) is 20.1. The molecule has 32 heavy (non-hydrogen) atoms. The second-order valence-electron chi connectivity index (χ2n) is 8.54. The van der Waals surface area contributed by atoms with E-state index >= 15 is 0 Å². The number of nitrogens with zero attached hydrogens (tertiary/aromatic N) is 2. The van der Waals surface area contributed by atoms with Crippen molar-refractivity contribution in [1.82, 2.24) is 9.21 Å². The van der Waals surface area contributed by atoms with Gasteiger partial charge in [-0.1, -0.05) is 35.3 Å². The van der Waals surface area contributed by atoms with Gasteiger partial charge in [-0.25, -0.2) is 17.1 Å². The van der Waals surface area contributed by atoms with Crippen molar-refractivity contribution in [3.05, 3.63) is 57.8 Å². The lowest BCUT2D eigenvalue weighted by Gasteiger charge is -2.35. The summed E-state index contributed by atoms with van der Waals surface area (Å²) in [5.74, 6) is -0.430. The molecule has 4 rings (SSSR count). The standard InChI is InChI=1S/C23H25Cl2FN2O3S/c1-32(30,31)27-9-7-19(8-10-27)28-11-6-16(23(28)29)12-20-21(24)13-17(14-22(20)25)15-2-4-18(26)5-3-15/h2-5,13-14,16,19H,6-12H2,1H3/t16-/m0/s1. The molecule has 2 aliphatic heterocycles. The van der Waals surface area contributed by atoms with E-state index in [0.29, 0.717) is 48.9 Å². The summed E-state index contributed by atoms with van der Waals surface area (Å²) in [6, 6.07) is 9.78. The van der Waals surface area contributed by atoms with Crippen molar-refractivity contribution in [1.29, 1.82) is 0 Å². The largest absolute Gasteiger partial charge is 0.339 e. The van der Waals surface area contributed by atoms with E-state index in [1.54, 1.807) is 24.3 Å². The number of rotatable bonds is 5. The normalized spacial score (nSPS) is 20.8. The molecule has 5 nitrogen and oxygen atoms in total. The Morgan fingerprint density at radius 3 is 2.12 bits per heavy atom. The van der Waals surface area contributed by atoms with Gasteiger partial charge in [-0.3, -0.25) is 4.79 Å². The van der Waals surface area contributed by atoms with Gasteiger partial charge in [0.15, 0.2) is 0 Å². The van der Waals surface area contributed by atoms with Gasteiger partial charge in [-0.2, -0.15) is 0 Å². The second-order valence-corrected chi connectivity index (χ2v) is 11.3. The number of sulfonamides is 1. The monoisotopic (exact) mass is 498 g/mol. The van der Waals surface area contributed by atoms with Gasteiger partial charge < -0.3 is 4.90 Å². The summed E-state index contributed by atoms with van der Waals surface area (Å²) in [6.07, 6.45) is 3.70. The molecule has 2 fully saturated rings. The van der Waals surface area contributed by atoms with Crippen LogP contribution in [0.3, 0.4) is 0 Å².